The molecule has 0 atom stereocenters. The maximum absolute atomic E-state index is 12.1. The maximum Gasteiger partial charge on any atom is 0.338 e. The number of hydrogen-bond donors (Lipinski definition) is 1. The van der Waals surface area contributed by atoms with Crippen LogP contribution in [0.25, 0.3) is 0 Å². The Labute approximate surface area is 156 Å². The van der Waals surface area contributed by atoms with Crippen molar-refractivity contribution in [2.75, 3.05) is 18.5 Å². The van der Waals surface area contributed by atoms with E-state index in [0.717, 1.165) is 6.42 Å². The molecule has 8 nitrogen and oxygen atoms in total. The molecule has 0 saturated heterocycles. The average Bonchev–Trinajstić information content (AvgIpc) is 2.65. The van der Waals surface area contributed by atoms with Crippen LogP contribution in [-0.2, 0) is 9.53 Å². The summed E-state index contributed by atoms with van der Waals surface area (Å²) in [4.78, 5) is 34.2. The third-order valence-corrected chi connectivity index (χ3v) is 3.55. The molecule has 142 valence electrons. The number of hydrogen-bond acceptors (Lipinski definition) is 6. The third-order valence-electron chi connectivity index (χ3n) is 3.55. The van der Waals surface area contributed by atoms with E-state index in [1.807, 2.05) is 6.92 Å². The first-order chi connectivity index (χ1) is 12.9. The molecule has 2 aromatic rings. The van der Waals surface area contributed by atoms with Gasteiger partial charge in [0.05, 0.1) is 17.1 Å². The second-order valence-electron chi connectivity index (χ2n) is 5.76. The van der Waals surface area contributed by atoms with Crippen LogP contribution in [0.3, 0.4) is 0 Å². The molecule has 0 aliphatic heterocycles. The quantitative estimate of drug-likeness (QED) is 0.432. The van der Waals surface area contributed by atoms with E-state index in [4.69, 9.17) is 9.47 Å². The van der Waals surface area contributed by atoms with Crippen molar-refractivity contribution in [1.82, 2.24) is 0 Å². The van der Waals surface area contributed by atoms with E-state index < -0.39 is 16.8 Å². The summed E-state index contributed by atoms with van der Waals surface area (Å²) < 4.78 is 10.5. The number of anilines is 1. The van der Waals surface area contributed by atoms with E-state index >= 15 is 0 Å². The Morgan fingerprint density at radius 2 is 1.96 bits per heavy atom. The molecule has 0 fully saturated rings. The Morgan fingerprint density at radius 1 is 1.19 bits per heavy atom. The minimum absolute atomic E-state index is 0.0453. The van der Waals surface area contributed by atoms with Gasteiger partial charge in [0.15, 0.2) is 6.61 Å². The van der Waals surface area contributed by atoms with Crippen LogP contribution >= 0.6 is 0 Å². The lowest BCUT2D eigenvalue weighted by molar-refractivity contribution is -0.384. The number of non-ortho nitro benzene ring substituents is 1. The highest BCUT2D eigenvalue weighted by molar-refractivity contribution is 5.95. The molecule has 0 aromatic heterocycles. The number of nitro benzene ring substituents is 1. The number of rotatable bonds is 8. The van der Waals surface area contributed by atoms with Gasteiger partial charge >= 0.3 is 5.97 Å². The molecule has 0 bridgehead atoms. The Hall–Kier alpha value is -3.42. The summed E-state index contributed by atoms with van der Waals surface area (Å²) in [7, 11) is 0. The largest absolute Gasteiger partial charge is 0.483 e. The van der Waals surface area contributed by atoms with Crippen molar-refractivity contribution in [2.24, 2.45) is 0 Å². The highest BCUT2D eigenvalue weighted by atomic mass is 16.6. The number of esters is 1. The molecule has 0 aliphatic rings. The van der Waals surface area contributed by atoms with E-state index in [1.165, 1.54) is 24.3 Å². The molecule has 8 heteroatoms. The van der Waals surface area contributed by atoms with Crippen LogP contribution in [0.5, 0.6) is 5.75 Å². The molecule has 1 amide bonds. The molecule has 0 radical (unpaired) electrons. The molecule has 0 aliphatic carbocycles. The molecular weight excluding hydrogens is 352 g/mol. The molecule has 0 spiro atoms. The van der Waals surface area contributed by atoms with Gasteiger partial charge in [0.2, 0.25) is 0 Å². The van der Waals surface area contributed by atoms with Crippen LogP contribution < -0.4 is 10.1 Å². The molecule has 27 heavy (non-hydrogen) atoms. The van der Waals surface area contributed by atoms with Gasteiger partial charge in [-0.05, 0) is 43.2 Å². The molecular formula is C19H20N2O6. The fourth-order valence-electron chi connectivity index (χ4n) is 2.25. The molecule has 0 saturated carbocycles. The number of benzene rings is 2. The van der Waals surface area contributed by atoms with Gasteiger partial charge in [-0.15, -0.1) is 0 Å². The van der Waals surface area contributed by atoms with Crippen molar-refractivity contribution in [3.05, 3.63) is 63.7 Å². The van der Waals surface area contributed by atoms with Crippen LogP contribution in [0.1, 0.15) is 29.3 Å². The summed E-state index contributed by atoms with van der Waals surface area (Å²) in [6, 6.07) is 10.5. The van der Waals surface area contributed by atoms with E-state index in [0.29, 0.717) is 29.2 Å². The van der Waals surface area contributed by atoms with Gasteiger partial charge in [0.1, 0.15) is 5.75 Å². The molecule has 2 rings (SSSR count). The summed E-state index contributed by atoms with van der Waals surface area (Å²) in [5.74, 6) is -0.495. The van der Waals surface area contributed by atoms with Crippen LogP contribution in [0.15, 0.2) is 42.5 Å². The first kappa shape index (κ1) is 19.9. The number of aryl methyl sites for hydroxylation is 1. The van der Waals surface area contributed by atoms with Gasteiger partial charge in [-0.2, -0.15) is 0 Å². The van der Waals surface area contributed by atoms with Crippen molar-refractivity contribution in [3.8, 4) is 5.75 Å². The van der Waals surface area contributed by atoms with Gasteiger partial charge in [0.25, 0.3) is 11.6 Å². The van der Waals surface area contributed by atoms with Crippen LogP contribution in [0.4, 0.5) is 11.4 Å². The zero-order chi connectivity index (χ0) is 19.8. The Bertz CT molecular complexity index is 850. The summed E-state index contributed by atoms with van der Waals surface area (Å²) in [5, 5.41) is 13.4. The van der Waals surface area contributed by atoms with Crippen LogP contribution in [0.2, 0.25) is 0 Å². The van der Waals surface area contributed by atoms with Crippen molar-refractivity contribution in [2.45, 2.75) is 20.3 Å². The second-order valence-corrected chi connectivity index (χ2v) is 5.76. The average molecular weight is 372 g/mol. The van der Waals surface area contributed by atoms with Crippen LogP contribution in [0, 0.1) is 17.0 Å². The molecule has 2 aromatic carbocycles. The topological polar surface area (TPSA) is 108 Å². The fraction of sp³-hybridized carbons (Fsp3) is 0.263. The van der Waals surface area contributed by atoms with E-state index in [2.05, 4.69) is 5.32 Å². The lowest BCUT2D eigenvalue weighted by Gasteiger charge is -2.10. The second kappa shape index (κ2) is 9.33. The summed E-state index contributed by atoms with van der Waals surface area (Å²) in [5.41, 5.74) is 1.29. The summed E-state index contributed by atoms with van der Waals surface area (Å²) in [6.07, 6.45) is 0.724. The molecule has 0 unspecified atom stereocenters. The monoisotopic (exact) mass is 372 g/mol. The standard InChI is InChI=1S/C19H20N2O6/c1-3-9-26-19(23)14-5-4-6-15(11-14)20-18(22)12-27-17-8-7-16(21(24)25)10-13(17)2/h4-8,10-11H,3,9,12H2,1-2H3,(H,20,22). The summed E-state index contributed by atoms with van der Waals surface area (Å²) in [6.45, 7) is 3.61. The lowest BCUT2D eigenvalue weighted by Crippen LogP contribution is -2.20. The Morgan fingerprint density at radius 3 is 2.63 bits per heavy atom. The van der Waals surface area contributed by atoms with Gasteiger partial charge in [-0.1, -0.05) is 13.0 Å². The van der Waals surface area contributed by atoms with Gasteiger partial charge in [0, 0.05) is 17.8 Å². The first-order valence-electron chi connectivity index (χ1n) is 8.35. The number of carbonyl (C=O) groups is 2. The zero-order valence-corrected chi connectivity index (χ0v) is 15.1. The van der Waals surface area contributed by atoms with Crippen LogP contribution in [-0.4, -0.2) is 30.0 Å². The van der Waals surface area contributed by atoms with Crippen molar-refractivity contribution >= 4 is 23.3 Å². The van der Waals surface area contributed by atoms with Gasteiger partial charge in [-0.25, -0.2) is 4.79 Å². The minimum atomic E-state index is -0.498. The highest BCUT2D eigenvalue weighted by Gasteiger charge is 2.12. The van der Waals surface area contributed by atoms with E-state index in [9.17, 15) is 19.7 Å². The van der Waals surface area contributed by atoms with Crippen molar-refractivity contribution < 1.29 is 24.0 Å². The number of nitrogens with zero attached hydrogens (tertiary/aromatic N) is 1. The third kappa shape index (κ3) is 5.81. The number of carbonyl (C=O) groups excluding carboxylic acids is 2. The van der Waals surface area contributed by atoms with Crippen molar-refractivity contribution in [3.63, 3.8) is 0 Å². The smallest absolute Gasteiger partial charge is 0.338 e. The first-order valence-corrected chi connectivity index (χ1v) is 8.35. The predicted octanol–water partition coefficient (Wildman–Crippen LogP) is 3.49. The van der Waals surface area contributed by atoms with Gasteiger partial charge < -0.3 is 14.8 Å². The highest BCUT2D eigenvalue weighted by Crippen LogP contribution is 2.23. The Balaban J connectivity index is 1.94. The predicted molar refractivity (Wildman–Crippen MR) is 99.0 cm³/mol. The summed E-state index contributed by atoms with van der Waals surface area (Å²) >= 11 is 0. The van der Waals surface area contributed by atoms with Gasteiger partial charge in [-0.3, -0.25) is 14.9 Å². The minimum Gasteiger partial charge on any atom is -0.483 e. The molecule has 1 N–H and O–H groups in total. The lowest BCUT2D eigenvalue weighted by atomic mass is 10.2. The van der Waals surface area contributed by atoms with Crippen molar-refractivity contribution in [1.29, 1.82) is 0 Å². The van der Waals surface area contributed by atoms with E-state index in [-0.39, 0.29) is 12.3 Å². The number of nitro groups is 1. The fourth-order valence-corrected chi connectivity index (χ4v) is 2.25. The number of nitrogens with one attached hydrogen (secondary N) is 1. The SMILES string of the molecule is CCCOC(=O)c1cccc(NC(=O)COc2ccc([N+](=O)[O-])cc2C)c1. The zero-order valence-electron chi connectivity index (χ0n) is 15.1. The van der Waals surface area contributed by atoms with E-state index in [1.54, 1.807) is 25.1 Å². The molecule has 0 heterocycles. The maximum atomic E-state index is 12.1. The Kier molecular flexibility index (Phi) is 6.87. The number of ether oxygens (including phenoxy) is 2. The normalized spacial score (nSPS) is 10.1. The number of amides is 1.